The molecule has 0 unspecified atom stereocenters. The van der Waals surface area contributed by atoms with Gasteiger partial charge in [-0.15, -0.1) is 0 Å². The third kappa shape index (κ3) is 5.01. The van der Waals surface area contributed by atoms with Crippen molar-refractivity contribution < 1.29 is 19.1 Å². The number of aliphatic hydroxyl groups excluding tert-OH is 1. The smallest absolute Gasteiger partial charge is 0.237 e. The fraction of sp³-hybridized carbons (Fsp3) is 0.529. The van der Waals surface area contributed by atoms with Crippen LogP contribution in [0.3, 0.4) is 0 Å². The van der Waals surface area contributed by atoms with Crippen LogP contribution in [-0.2, 0) is 16.1 Å². The van der Waals surface area contributed by atoms with Gasteiger partial charge in [-0.25, -0.2) is 4.39 Å². The quantitative estimate of drug-likeness (QED) is 0.702. The Morgan fingerprint density at radius 1 is 1.50 bits per heavy atom. The van der Waals surface area contributed by atoms with Gasteiger partial charge in [0.25, 0.3) is 0 Å². The molecule has 2 rings (SSSR count). The first kappa shape index (κ1) is 18.4. The number of piperazine rings is 1. The van der Waals surface area contributed by atoms with Gasteiger partial charge in [0.1, 0.15) is 5.82 Å². The van der Waals surface area contributed by atoms with Gasteiger partial charge in [-0.3, -0.25) is 14.5 Å². The van der Waals surface area contributed by atoms with Crippen molar-refractivity contribution in [1.82, 2.24) is 15.5 Å². The minimum Gasteiger partial charge on any atom is -0.394 e. The van der Waals surface area contributed by atoms with E-state index in [-0.39, 0.29) is 30.7 Å². The summed E-state index contributed by atoms with van der Waals surface area (Å²) in [6.45, 7) is 4.69. The summed E-state index contributed by atoms with van der Waals surface area (Å²) in [4.78, 5) is 26.2. The van der Waals surface area contributed by atoms with Crippen molar-refractivity contribution in [3.05, 3.63) is 35.6 Å². The van der Waals surface area contributed by atoms with Gasteiger partial charge in [0.2, 0.25) is 11.8 Å². The van der Waals surface area contributed by atoms with Crippen LogP contribution in [0, 0.1) is 5.82 Å². The van der Waals surface area contributed by atoms with Crippen LogP contribution in [0.1, 0.15) is 25.8 Å². The van der Waals surface area contributed by atoms with E-state index in [0.29, 0.717) is 19.6 Å². The molecular formula is C17H24FN3O3. The zero-order chi connectivity index (χ0) is 17.7. The Hall–Kier alpha value is -1.99. The molecule has 1 heterocycles. The lowest BCUT2D eigenvalue weighted by Gasteiger charge is -2.35. The Kier molecular flexibility index (Phi) is 5.90. The zero-order valence-corrected chi connectivity index (χ0v) is 14.0. The molecule has 1 aromatic rings. The maximum Gasteiger partial charge on any atom is 0.237 e. The van der Waals surface area contributed by atoms with Crippen molar-refractivity contribution in [3.63, 3.8) is 0 Å². The number of benzene rings is 1. The highest BCUT2D eigenvalue weighted by Crippen LogP contribution is 2.15. The Morgan fingerprint density at radius 3 is 2.92 bits per heavy atom. The molecule has 24 heavy (non-hydrogen) atoms. The number of aliphatic hydroxyl groups is 1. The Balaban J connectivity index is 2.06. The minimum atomic E-state index is -0.740. The molecule has 1 saturated heterocycles. The first-order valence-corrected chi connectivity index (χ1v) is 7.99. The average Bonchev–Trinajstić information content (AvgIpc) is 2.50. The molecule has 0 spiro atoms. The van der Waals surface area contributed by atoms with Gasteiger partial charge in [0.05, 0.1) is 24.6 Å². The second kappa shape index (κ2) is 7.72. The van der Waals surface area contributed by atoms with Crippen LogP contribution < -0.4 is 10.6 Å². The molecule has 1 aromatic carbocycles. The van der Waals surface area contributed by atoms with E-state index in [4.69, 9.17) is 0 Å². The molecular weight excluding hydrogens is 313 g/mol. The number of amides is 2. The lowest BCUT2D eigenvalue weighted by Crippen LogP contribution is -2.57. The summed E-state index contributed by atoms with van der Waals surface area (Å²) in [7, 11) is 0. The van der Waals surface area contributed by atoms with Gasteiger partial charge in [0.15, 0.2) is 0 Å². The maximum atomic E-state index is 13.3. The molecule has 1 aliphatic heterocycles. The van der Waals surface area contributed by atoms with Crippen LogP contribution in [0.4, 0.5) is 4.39 Å². The van der Waals surface area contributed by atoms with Crippen molar-refractivity contribution in [3.8, 4) is 0 Å². The standard InChI is InChI=1S/C17H24FN3O3/c1-17(2,11-22)20-15(23)9-14-16(24)19-6-7-21(14)10-12-4-3-5-13(18)8-12/h3-5,8,14,22H,6-7,9-11H2,1-2H3,(H,19,24)(H,20,23)/t14-/m1/s1. The highest BCUT2D eigenvalue weighted by Gasteiger charge is 2.32. The molecule has 3 N–H and O–H groups in total. The van der Waals surface area contributed by atoms with Crippen LogP contribution in [0.2, 0.25) is 0 Å². The molecule has 1 atom stereocenters. The predicted octanol–water partition coefficient (Wildman–Crippen LogP) is 0.403. The molecule has 6 nitrogen and oxygen atoms in total. The SMILES string of the molecule is CC(C)(CO)NC(=O)C[C@@H]1C(=O)NCCN1Cc1cccc(F)c1. The fourth-order valence-electron chi connectivity index (χ4n) is 2.69. The molecule has 0 bridgehead atoms. The number of hydrogen-bond acceptors (Lipinski definition) is 4. The highest BCUT2D eigenvalue weighted by molar-refractivity contribution is 5.89. The number of halogens is 1. The average molecular weight is 337 g/mol. The summed E-state index contributed by atoms with van der Waals surface area (Å²) >= 11 is 0. The normalized spacial score (nSPS) is 19.0. The van der Waals surface area contributed by atoms with Crippen LogP contribution in [0.5, 0.6) is 0 Å². The van der Waals surface area contributed by atoms with E-state index < -0.39 is 11.6 Å². The van der Waals surface area contributed by atoms with Gasteiger partial charge in [-0.05, 0) is 31.5 Å². The predicted molar refractivity (Wildman–Crippen MR) is 87.5 cm³/mol. The molecule has 0 saturated carbocycles. The molecule has 132 valence electrons. The van der Waals surface area contributed by atoms with E-state index >= 15 is 0 Å². The lowest BCUT2D eigenvalue weighted by molar-refractivity contribution is -0.135. The summed E-state index contributed by atoms with van der Waals surface area (Å²) in [5.74, 6) is -0.845. The van der Waals surface area contributed by atoms with E-state index in [0.717, 1.165) is 5.56 Å². The number of nitrogens with zero attached hydrogens (tertiary/aromatic N) is 1. The number of carbonyl (C=O) groups is 2. The number of rotatable bonds is 6. The summed E-state index contributed by atoms with van der Waals surface area (Å²) in [6.07, 6.45) is -0.00935. The van der Waals surface area contributed by atoms with Crippen LogP contribution in [0.25, 0.3) is 0 Å². The van der Waals surface area contributed by atoms with Gasteiger partial charge in [-0.2, -0.15) is 0 Å². The van der Waals surface area contributed by atoms with Crippen molar-refractivity contribution >= 4 is 11.8 Å². The lowest BCUT2D eigenvalue weighted by atomic mass is 10.0. The Morgan fingerprint density at radius 2 is 2.25 bits per heavy atom. The second-order valence-electron chi connectivity index (χ2n) is 6.70. The van der Waals surface area contributed by atoms with Crippen molar-refractivity contribution in [2.24, 2.45) is 0 Å². The Labute approximate surface area is 141 Å². The Bertz CT molecular complexity index is 606. The summed E-state index contributed by atoms with van der Waals surface area (Å²) < 4.78 is 13.3. The zero-order valence-electron chi connectivity index (χ0n) is 14.0. The molecule has 1 fully saturated rings. The minimum absolute atomic E-state index is 0.00935. The molecule has 0 aliphatic carbocycles. The molecule has 1 aliphatic rings. The monoisotopic (exact) mass is 337 g/mol. The van der Waals surface area contributed by atoms with Gasteiger partial charge in [0, 0.05) is 19.6 Å². The summed E-state index contributed by atoms with van der Waals surface area (Å²) in [6, 6.07) is 5.60. The van der Waals surface area contributed by atoms with Crippen molar-refractivity contribution in [2.45, 2.75) is 38.4 Å². The van der Waals surface area contributed by atoms with Crippen molar-refractivity contribution in [1.29, 1.82) is 0 Å². The van der Waals surface area contributed by atoms with Crippen LogP contribution in [0.15, 0.2) is 24.3 Å². The van der Waals surface area contributed by atoms with E-state index in [1.165, 1.54) is 12.1 Å². The second-order valence-corrected chi connectivity index (χ2v) is 6.70. The first-order valence-electron chi connectivity index (χ1n) is 7.99. The fourth-order valence-corrected chi connectivity index (χ4v) is 2.69. The number of hydrogen-bond donors (Lipinski definition) is 3. The number of carbonyl (C=O) groups excluding carboxylic acids is 2. The van der Waals surface area contributed by atoms with Crippen LogP contribution >= 0.6 is 0 Å². The van der Waals surface area contributed by atoms with E-state index in [2.05, 4.69) is 10.6 Å². The topological polar surface area (TPSA) is 81.7 Å². The van der Waals surface area contributed by atoms with Gasteiger partial charge < -0.3 is 15.7 Å². The first-order chi connectivity index (χ1) is 11.3. The third-order valence-electron chi connectivity index (χ3n) is 3.97. The maximum absolute atomic E-state index is 13.3. The van der Waals surface area contributed by atoms with Gasteiger partial charge in [-0.1, -0.05) is 12.1 Å². The van der Waals surface area contributed by atoms with E-state index in [1.54, 1.807) is 26.0 Å². The molecule has 0 radical (unpaired) electrons. The summed E-state index contributed by atoms with van der Waals surface area (Å²) in [5, 5.41) is 14.7. The third-order valence-corrected chi connectivity index (χ3v) is 3.97. The highest BCUT2D eigenvalue weighted by atomic mass is 19.1. The largest absolute Gasteiger partial charge is 0.394 e. The van der Waals surface area contributed by atoms with E-state index in [9.17, 15) is 19.1 Å². The van der Waals surface area contributed by atoms with E-state index in [1.807, 2.05) is 4.90 Å². The number of nitrogens with one attached hydrogen (secondary N) is 2. The molecule has 2 amide bonds. The van der Waals surface area contributed by atoms with Crippen molar-refractivity contribution in [2.75, 3.05) is 19.7 Å². The van der Waals surface area contributed by atoms with Crippen LogP contribution in [-0.4, -0.2) is 53.1 Å². The summed E-state index contributed by atoms with van der Waals surface area (Å²) in [5.41, 5.74) is 0.0149. The van der Waals surface area contributed by atoms with Gasteiger partial charge >= 0.3 is 0 Å². The molecule has 7 heteroatoms. The molecule has 0 aromatic heterocycles.